The van der Waals surface area contributed by atoms with E-state index in [1.807, 2.05) is 67.7 Å². The summed E-state index contributed by atoms with van der Waals surface area (Å²) in [5.41, 5.74) is 3.54. The molecule has 0 radical (unpaired) electrons. The quantitative estimate of drug-likeness (QED) is 0.473. The van der Waals surface area contributed by atoms with Gasteiger partial charge in [0.2, 0.25) is 0 Å². The summed E-state index contributed by atoms with van der Waals surface area (Å²) in [6, 6.07) is 25.1. The number of anilines is 2. The molecule has 144 valence electrons. The minimum atomic E-state index is -0.157. The highest BCUT2D eigenvalue weighted by molar-refractivity contribution is 5.95. The molecule has 0 atom stereocenters. The number of aryl methyl sites for hydroxylation is 1. The molecular formula is C24H21N3O2. The monoisotopic (exact) mass is 383 g/mol. The molecule has 1 amide bonds. The fourth-order valence-electron chi connectivity index (χ4n) is 3.00. The lowest BCUT2D eigenvalue weighted by atomic mass is 10.1. The van der Waals surface area contributed by atoms with E-state index < -0.39 is 0 Å². The molecule has 0 fully saturated rings. The fourth-order valence-corrected chi connectivity index (χ4v) is 3.00. The van der Waals surface area contributed by atoms with Gasteiger partial charge in [-0.05, 0) is 55.0 Å². The van der Waals surface area contributed by atoms with Crippen LogP contribution in [0.3, 0.4) is 0 Å². The molecule has 4 rings (SSSR count). The molecule has 5 heteroatoms. The van der Waals surface area contributed by atoms with Crippen molar-refractivity contribution >= 4 is 17.4 Å². The predicted octanol–water partition coefficient (Wildman–Crippen LogP) is 5.32. The predicted molar refractivity (Wildman–Crippen MR) is 114 cm³/mol. The SMILES string of the molecule is Cc1ccc(CNC(=O)c2cccc(Nc3ccc(-c4ccccc4)cn3)c2)o1. The van der Waals surface area contributed by atoms with Crippen LogP contribution in [0.1, 0.15) is 21.9 Å². The van der Waals surface area contributed by atoms with Crippen LogP contribution in [0.5, 0.6) is 0 Å². The summed E-state index contributed by atoms with van der Waals surface area (Å²) >= 11 is 0. The van der Waals surface area contributed by atoms with Crippen LogP contribution in [0, 0.1) is 6.92 Å². The number of amides is 1. The van der Waals surface area contributed by atoms with Gasteiger partial charge in [-0.2, -0.15) is 0 Å². The summed E-state index contributed by atoms with van der Waals surface area (Å²) in [4.78, 5) is 16.9. The van der Waals surface area contributed by atoms with Gasteiger partial charge in [-0.1, -0.05) is 36.4 Å². The molecule has 0 aliphatic rings. The number of carbonyl (C=O) groups excluding carboxylic acids is 1. The molecule has 0 saturated carbocycles. The number of furan rings is 1. The molecule has 0 spiro atoms. The Morgan fingerprint density at radius 2 is 1.79 bits per heavy atom. The lowest BCUT2D eigenvalue weighted by molar-refractivity contribution is 0.0948. The fraction of sp³-hybridized carbons (Fsp3) is 0.0833. The largest absolute Gasteiger partial charge is 0.465 e. The number of benzene rings is 2. The number of aromatic nitrogens is 1. The van der Waals surface area contributed by atoms with E-state index in [0.717, 1.165) is 28.3 Å². The zero-order chi connectivity index (χ0) is 20.1. The van der Waals surface area contributed by atoms with Gasteiger partial charge in [0.25, 0.3) is 5.91 Å². The summed E-state index contributed by atoms with van der Waals surface area (Å²) in [6.07, 6.45) is 1.83. The summed E-state index contributed by atoms with van der Waals surface area (Å²) in [5, 5.41) is 6.11. The molecule has 0 bridgehead atoms. The minimum Gasteiger partial charge on any atom is -0.465 e. The first-order chi connectivity index (χ1) is 14.2. The first-order valence-corrected chi connectivity index (χ1v) is 9.39. The number of nitrogens with zero attached hydrogens (tertiary/aromatic N) is 1. The van der Waals surface area contributed by atoms with Gasteiger partial charge in [-0.25, -0.2) is 4.98 Å². The van der Waals surface area contributed by atoms with Gasteiger partial charge >= 0.3 is 0 Å². The number of nitrogens with one attached hydrogen (secondary N) is 2. The van der Waals surface area contributed by atoms with Crippen molar-refractivity contribution in [2.45, 2.75) is 13.5 Å². The Labute approximate surface area is 169 Å². The molecule has 0 unspecified atom stereocenters. The Hall–Kier alpha value is -3.86. The molecule has 29 heavy (non-hydrogen) atoms. The molecule has 4 aromatic rings. The summed E-state index contributed by atoms with van der Waals surface area (Å²) < 4.78 is 5.48. The van der Waals surface area contributed by atoms with Crippen LogP contribution >= 0.6 is 0 Å². The highest BCUT2D eigenvalue weighted by atomic mass is 16.3. The summed E-state index contributed by atoms with van der Waals surface area (Å²) in [5.74, 6) is 2.11. The van der Waals surface area contributed by atoms with Gasteiger partial charge < -0.3 is 15.1 Å². The second-order valence-electron chi connectivity index (χ2n) is 6.70. The van der Waals surface area contributed by atoms with Crippen LogP contribution in [0.2, 0.25) is 0 Å². The molecule has 5 nitrogen and oxygen atoms in total. The Bertz CT molecular complexity index is 1100. The Morgan fingerprint density at radius 1 is 0.931 bits per heavy atom. The second kappa shape index (κ2) is 8.44. The topological polar surface area (TPSA) is 67.2 Å². The van der Waals surface area contributed by atoms with Crippen molar-refractivity contribution in [3.05, 3.63) is 102 Å². The second-order valence-corrected chi connectivity index (χ2v) is 6.70. The zero-order valence-electron chi connectivity index (χ0n) is 16.1. The smallest absolute Gasteiger partial charge is 0.251 e. The van der Waals surface area contributed by atoms with Crippen molar-refractivity contribution in [1.29, 1.82) is 0 Å². The van der Waals surface area contributed by atoms with Gasteiger partial charge in [0, 0.05) is 23.0 Å². The van der Waals surface area contributed by atoms with E-state index in [-0.39, 0.29) is 5.91 Å². The van der Waals surface area contributed by atoms with Gasteiger partial charge in [0.15, 0.2) is 0 Å². The number of pyridine rings is 1. The standard InChI is InChI=1S/C24H21N3O2/c1-17-10-12-22(29-17)16-26-24(28)19-8-5-9-21(14-19)27-23-13-11-20(15-25-23)18-6-3-2-4-7-18/h2-15H,16H2,1H3,(H,25,27)(H,26,28). The van der Waals surface area contributed by atoms with Crippen LogP contribution in [0.15, 0.2) is 89.5 Å². The van der Waals surface area contributed by atoms with Crippen LogP contribution < -0.4 is 10.6 Å². The third-order valence-corrected chi connectivity index (χ3v) is 4.49. The molecule has 2 heterocycles. The summed E-state index contributed by atoms with van der Waals surface area (Å²) in [7, 11) is 0. The average molecular weight is 383 g/mol. The highest BCUT2D eigenvalue weighted by Crippen LogP contribution is 2.21. The highest BCUT2D eigenvalue weighted by Gasteiger charge is 2.08. The molecule has 2 N–H and O–H groups in total. The number of carbonyl (C=O) groups is 1. The Kier molecular flexibility index (Phi) is 5.38. The molecular weight excluding hydrogens is 362 g/mol. The van der Waals surface area contributed by atoms with Crippen molar-refractivity contribution in [2.75, 3.05) is 5.32 Å². The number of hydrogen-bond donors (Lipinski definition) is 2. The van der Waals surface area contributed by atoms with Crippen molar-refractivity contribution < 1.29 is 9.21 Å². The van der Waals surface area contributed by atoms with E-state index in [2.05, 4.69) is 27.8 Å². The zero-order valence-corrected chi connectivity index (χ0v) is 16.1. The van der Waals surface area contributed by atoms with E-state index in [0.29, 0.717) is 17.9 Å². The maximum absolute atomic E-state index is 12.4. The van der Waals surface area contributed by atoms with Gasteiger partial charge in [-0.3, -0.25) is 4.79 Å². The molecule has 2 aromatic carbocycles. The minimum absolute atomic E-state index is 0.157. The van der Waals surface area contributed by atoms with Crippen LogP contribution in [0.4, 0.5) is 11.5 Å². The van der Waals surface area contributed by atoms with Gasteiger partial charge in [-0.15, -0.1) is 0 Å². The van der Waals surface area contributed by atoms with Crippen molar-refractivity contribution in [3.63, 3.8) is 0 Å². The van der Waals surface area contributed by atoms with Crippen molar-refractivity contribution in [1.82, 2.24) is 10.3 Å². The van der Waals surface area contributed by atoms with Crippen molar-refractivity contribution in [2.24, 2.45) is 0 Å². The lowest BCUT2D eigenvalue weighted by Gasteiger charge is -2.09. The van der Waals surface area contributed by atoms with Crippen LogP contribution in [0.25, 0.3) is 11.1 Å². The maximum atomic E-state index is 12.4. The first kappa shape index (κ1) is 18.5. The third-order valence-electron chi connectivity index (χ3n) is 4.49. The van der Waals surface area contributed by atoms with Crippen LogP contribution in [-0.2, 0) is 6.54 Å². The normalized spacial score (nSPS) is 10.5. The van der Waals surface area contributed by atoms with Gasteiger partial charge in [0.1, 0.15) is 17.3 Å². The first-order valence-electron chi connectivity index (χ1n) is 9.39. The third kappa shape index (κ3) is 4.71. The van der Waals surface area contributed by atoms with Crippen LogP contribution in [-0.4, -0.2) is 10.9 Å². The molecule has 0 aliphatic carbocycles. The van der Waals surface area contributed by atoms with Gasteiger partial charge in [0.05, 0.1) is 6.54 Å². The molecule has 0 saturated heterocycles. The number of rotatable bonds is 6. The number of hydrogen-bond acceptors (Lipinski definition) is 4. The van der Waals surface area contributed by atoms with Crippen molar-refractivity contribution in [3.8, 4) is 11.1 Å². The molecule has 0 aliphatic heterocycles. The molecule has 2 aromatic heterocycles. The van der Waals surface area contributed by atoms with E-state index >= 15 is 0 Å². The Morgan fingerprint density at radius 3 is 2.52 bits per heavy atom. The lowest BCUT2D eigenvalue weighted by Crippen LogP contribution is -2.22. The average Bonchev–Trinajstić information content (AvgIpc) is 3.18. The Balaban J connectivity index is 1.41. The van der Waals surface area contributed by atoms with E-state index in [1.165, 1.54) is 0 Å². The summed E-state index contributed by atoms with van der Waals surface area (Å²) in [6.45, 7) is 2.23. The van der Waals surface area contributed by atoms with E-state index in [9.17, 15) is 4.79 Å². The van der Waals surface area contributed by atoms with E-state index in [1.54, 1.807) is 12.1 Å². The maximum Gasteiger partial charge on any atom is 0.251 e. The van der Waals surface area contributed by atoms with E-state index in [4.69, 9.17) is 4.42 Å².